The number of hydrogen-bond donors (Lipinski definition) is 0. The van der Waals surface area contributed by atoms with Crippen molar-refractivity contribution < 1.29 is 0 Å². The molecule has 0 spiro atoms. The molecule has 4 aromatic rings. The summed E-state index contributed by atoms with van der Waals surface area (Å²) in [5.41, 5.74) is 13.8. The molecule has 0 saturated carbocycles. The average molecular weight is 748 g/mol. The number of pyridine rings is 1. The predicted octanol–water partition coefficient (Wildman–Crippen LogP) is 14.7. The lowest BCUT2D eigenvalue weighted by atomic mass is 9.97. The van der Waals surface area contributed by atoms with Crippen molar-refractivity contribution in [3.63, 3.8) is 0 Å². The summed E-state index contributed by atoms with van der Waals surface area (Å²) in [6, 6.07) is 32.4. The summed E-state index contributed by atoms with van der Waals surface area (Å²) >= 11 is 0. The molecule has 1 aromatic heterocycles. The first-order valence-corrected chi connectivity index (χ1v) is 19.9. The summed E-state index contributed by atoms with van der Waals surface area (Å²) in [6.07, 6.45) is 34.6. The zero-order chi connectivity index (χ0) is 40.6. The van der Waals surface area contributed by atoms with E-state index in [1.807, 2.05) is 12.4 Å². The fourth-order valence-electron chi connectivity index (χ4n) is 7.12. The van der Waals surface area contributed by atoms with Crippen LogP contribution >= 0.6 is 0 Å². The average Bonchev–Trinajstić information content (AvgIpc) is 3.26. The van der Waals surface area contributed by atoms with Gasteiger partial charge in [-0.1, -0.05) is 129 Å². The van der Waals surface area contributed by atoms with E-state index < -0.39 is 0 Å². The molecule has 2 aliphatic rings. The summed E-state index contributed by atoms with van der Waals surface area (Å²) in [6.45, 7) is 21.7. The molecule has 0 saturated heterocycles. The van der Waals surface area contributed by atoms with E-state index in [0.717, 1.165) is 52.4 Å². The number of nitrogens with zero attached hydrogens (tertiary/aromatic N) is 3. The second-order valence-electron chi connectivity index (χ2n) is 14.3. The largest absolute Gasteiger partial charge is 0.339 e. The van der Waals surface area contributed by atoms with E-state index in [-0.39, 0.29) is 12.0 Å². The Hall–Kier alpha value is -6.45. The Labute approximate surface area is 342 Å². The molecular weight excluding hydrogens is 691 g/mol. The lowest BCUT2D eigenvalue weighted by Crippen LogP contribution is -2.29. The summed E-state index contributed by atoms with van der Waals surface area (Å²) in [4.78, 5) is 8.93. The van der Waals surface area contributed by atoms with Crippen LogP contribution in [0.4, 0.5) is 11.4 Å². The zero-order valence-corrected chi connectivity index (χ0v) is 34.4. The second kappa shape index (κ2) is 21.0. The monoisotopic (exact) mass is 747 g/mol. The molecule has 6 rings (SSSR count). The van der Waals surface area contributed by atoms with Crippen LogP contribution in [0.1, 0.15) is 47.5 Å². The Morgan fingerprint density at radius 3 is 2.11 bits per heavy atom. The van der Waals surface area contributed by atoms with Gasteiger partial charge in [0.2, 0.25) is 0 Å². The second-order valence-corrected chi connectivity index (χ2v) is 14.3. The third-order valence-corrected chi connectivity index (χ3v) is 10.1. The van der Waals surface area contributed by atoms with E-state index in [4.69, 9.17) is 0 Å². The van der Waals surface area contributed by atoms with Gasteiger partial charge in [-0.3, -0.25) is 4.98 Å². The molecule has 3 nitrogen and oxygen atoms in total. The molecule has 0 bridgehead atoms. The third kappa shape index (κ3) is 11.1. The highest BCUT2D eigenvalue weighted by Gasteiger charge is 2.18. The highest BCUT2D eigenvalue weighted by atomic mass is 15.2. The van der Waals surface area contributed by atoms with Gasteiger partial charge < -0.3 is 9.80 Å². The van der Waals surface area contributed by atoms with Crippen molar-refractivity contribution in [3.8, 4) is 22.3 Å². The Bertz CT molecular complexity index is 2240. The maximum atomic E-state index is 4.64. The van der Waals surface area contributed by atoms with Crippen LogP contribution in [0.15, 0.2) is 236 Å². The van der Waals surface area contributed by atoms with Crippen molar-refractivity contribution in [1.29, 1.82) is 0 Å². The van der Waals surface area contributed by atoms with Crippen LogP contribution in [0, 0.1) is 5.92 Å². The van der Waals surface area contributed by atoms with E-state index in [2.05, 4.69) is 239 Å². The van der Waals surface area contributed by atoms with Crippen molar-refractivity contribution in [3.05, 3.63) is 236 Å². The molecule has 0 fully saturated rings. The van der Waals surface area contributed by atoms with Crippen LogP contribution in [0.3, 0.4) is 0 Å². The van der Waals surface area contributed by atoms with Gasteiger partial charge in [-0.2, -0.15) is 0 Å². The van der Waals surface area contributed by atoms with E-state index >= 15 is 0 Å². The maximum Gasteiger partial charge on any atom is 0.0493 e. The van der Waals surface area contributed by atoms with Crippen LogP contribution in [-0.4, -0.2) is 11.0 Å². The van der Waals surface area contributed by atoms with Gasteiger partial charge in [-0.15, -0.1) is 13.2 Å². The molecular formula is C54H57N3. The van der Waals surface area contributed by atoms with Gasteiger partial charge >= 0.3 is 0 Å². The minimum absolute atomic E-state index is 0.124. The first-order valence-electron chi connectivity index (χ1n) is 19.9. The molecule has 3 heteroatoms. The highest BCUT2D eigenvalue weighted by molar-refractivity contribution is 5.71. The first kappa shape index (κ1) is 41.7. The molecule has 2 unspecified atom stereocenters. The minimum Gasteiger partial charge on any atom is -0.339 e. The predicted molar refractivity (Wildman–Crippen MR) is 249 cm³/mol. The molecule has 3 heterocycles. The Morgan fingerprint density at radius 1 is 0.684 bits per heavy atom. The Balaban J connectivity index is 0.00000305. The van der Waals surface area contributed by atoms with Crippen LogP contribution in [-0.2, 0) is 0 Å². The minimum atomic E-state index is 0.124. The van der Waals surface area contributed by atoms with Gasteiger partial charge in [-0.25, -0.2) is 0 Å². The van der Waals surface area contributed by atoms with E-state index in [9.17, 15) is 0 Å². The maximum absolute atomic E-state index is 4.64. The Kier molecular flexibility index (Phi) is 15.4. The fraction of sp³-hybridized carbons (Fsp3) is 0.167. The molecule has 3 aromatic carbocycles. The fourth-order valence-corrected chi connectivity index (χ4v) is 7.12. The van der Waals surface area contributed by atoms with Crippen molar-refractivity contribution in [2.24, 2.45) is 5.92 Å². The zero-order valence-electron chi connectivity index (χ0n) is 34.4. The van der Waals surface area contributed by atoms with Gasteiger partial charge in [0.15, 0.2) is 0 Å². The van der Waals surface area contributed by atoms with Crippen molar-refractivity contribution >= 4 is 11.4 Å². The van der Waals surface area contributed by atoms with Gasteiger partial charge in [0.05, 0.1) is 0 Å². The third-order valence-electron chi connectivity index (χ3n) is 10.1. The molecule has 2 aliphatic heterocycles. The van der Waals surface area contributed by atoms with Crippen molar-refractivity contribution in [2.45, 2.75) is 53.5 Å². The molecule has 0 amide bonds. The molecule has 57 heavy (non-hydrogen) atoms. The number of aromatic nitrogens is 1. The van der Waals surface area contributed by atoms with E-state index in [0.29, 0.717) is 0 Å². The van der Waals surface area contributed by atoms with Crippen LogP contribution in [0.5, 0.6) is 0 Å². The summed E-state index contributed by atoms with van der Waals surface area (Å²) in [7, 11) is 0. The summed E-state index contributed by atoms with van der Waals surface area (Å²) < 4.78 is 0. The van der Waals surface area contributed by atoms with Gasteiger partial charge in [0.25, 0.3) is 0 Å². The summed E-state index contributed by atoms with van der Waals surface area (Å²) in [5.74, 6) is 0.268. The molecule has 0 N–H and O–H groups in total. The lowest BCUT2D eigenvalue weighted by Gasteiger charge is -2.31. The van der Waals surface area contributed by atoms with Crippen LogP contribution < -0.4 is 9.80 Å². The molecule has 0 aliphatic carbocycles. The number of benzene rings is 3. The van der Waals surface area contributed by atoms with E-state index in [1.54, 1.807) is 0 Å². The molecule has 2 atom stereocenters. The number of hydrogen-bond acceptors (Lipinski definition) is 3. The van der Waals surface area contributed by atoms with Crippen molar-refractivity contribution in [1.82, 2.24) is 4.98 Å². The highest BCUT2D eigenvalue weighted by Crippen LogP contribution is 2.33. The number of anilines is 2. The standard InChI is InChI=1S/C52H53N3.C2H4/c1-7-15-52-40(3)17-13-21-45(28-26-43(6)55(52)50-32-30-47(31-33-50)44-19-9-8-10-20-44)46-27-24-39(2)16-11-12-18-41(4)54(42(5)25-29-46)51-23-14-22-49(38-51)48-34-36-53-37-35-48;1-2/h7-12,14-16,18-39,41H,6,13,17H2,1-5H3;1-2H2/b15-7-,16-11-,18-12-,27-24+,28-26-,42-25+,45-21?,46-29+,52-40-;. The number of allylic oxidation sites excluding steroid dienone is 16. The van der Waals surface area contributed by atoms with Gasteiger partial charge in [0, 0.05) is 46.9 Å². The van der Waals surface area contributed by atoms with Crippen molar-refractivity contribution in [2.75, 3.05) is 9.80 Å². The quantitative estimate of drug-likeness (QED) is 0.183. The topological polar surface area (TPSA) is 19.4 Å². The SMILES string of the molecule is C=C.C=C1/C=C\C(C2=C/C=C(\C)N(c3cccc(-c4ccncc4)c3)C(C)/C=C\C=C/C(C)\C=C\2)=CCC/C(C)=C(/C=C\C)N1c1ccc(-c2ccccc2)cc1. The lowest BCUT2D eigenvalue weighted by molar-refractivity contribution is 0.819. The smallest absolute Gasteiger partial charge is 0.0493 e. The first-order chi connectivity index (χ1) is 27.8. The molecule has 288 valence electrons. The number of rotatable bonds is 6. The van der Waals surface area contributed by atoms with E-state index in [1.165, 1.54) is 27.8 Å². The molecule has 0 radical (unpaired) electrons. The van der Waals surface area contributed by atoms with Crippen LogP contribution in [0.2, 0.25) is 0 Å². The van der Waals surface area contributed by atoms with Crippen LogP contribution in [0.25, 0.3) is 22.3 Å². The summed E-state index contributed by atoms with van der Waals surface area (Å²) in [5, 5.41) is 0. The Morgan fingerprint density at radius 2 is 1.37 bits per heavy atom. The van der Waals surface area contributed by atoms with Gasteiger partial charge in [-0.05, 0) is 140 Å². The normalized spacial score (nSPS) is 23.5. The van der Waals surface area contributed by atoms with Gasteiger partial charge in [0.1, 0.15) is 0 Å².